The third kappa shape index (κ3) is 3.74. The van der Waals surface area contributed by atoms with E-state index in [1.54, 1.807) is 34.1 Å². The van der Waals surface area contributed by atoms with E-state index in [0.29, 0.717) is 36.4 Å². The summed E-state index contributed by atoms with van der Waals surface area (Å²) < 4.78 is 28.7. The molecule has 1 aromatic carbocycles. The summed E-state index contributed by atoms with van der Waals surface area (Å²) in [6.45, 7) is 1.14. The molecule has 1 saturated heterocycles. The smallest absolute Gasteiger partial charge is 0.321 e. The molecule has 0 aliphatic carbocycles. The van der Waals surface area contributed by atoms with Crippen molar-refractivity contribution in [3.05, 3.63) is 60.1 Å². The van der Waals surface area contributed by atoms with Crippen molar-refractivity contribution in [3.63, 3.8) is 0 Å². The van der Waals surface area contributed by atoms with Crippen LogP contribution in [0.15, 0.2) is 42.9 Å². The second-order valence-electron chi connectivity index (χ2n) is 6.75. The Balaban J connectivity index is 1.35. The normalized spacial score (nSPS) is 15.3. The highest BCUT2D eigenvalue weighted by atomic mass is 19.1. The predicted octanol–water partition coefficient (Wildman–Crippen LogP) is 3.49. The molecule has 0 radical (unpaired) electrons. The molecule has 0 atom stereocenters. The minimum absolute atomic E-state index is 0.203. The molecular formula is C19H19F2N5O. The van der Waals surface area contributed by atoms with Gasteiger partial charge in [0.15, 0.2) is 5.65 Å². The van der Waals surface area contributed by atoms with Crippen LogP contribution in [0.4, 0.5) is 19.3 Å². The Morgan fingerprint density at radius 1 is 1.26 bits per heavy atom. The molecule has 6 nitrogen and oxygen atoms in total. The lowest BCUT2D eigenvalue weighted by molar-refractivity contribution is 0.182. The maximum Gasteiger partial charge on any atom is 0.321 e. The Morgan fingerprint density at radius 2 is 2.07 bits per heavy atom. The third-order valence-electron chi connectivity index (χ3n) is 4.94. The molecule has 0 spiro atoms. The summed E-state index contributed by atoms with van der Waals surface area (Å²) in [6.07, 6.45) is 6.95. The van der Waals surface area contributed by atoms with Crippen molar-refractivity contribution in [1.29, 1.82) is 0 Å². The zero-order valence-corrected chi connectivity index (χ0v) is 14.6. The van der Waals surface area contributed by atoms with Gasteiger partial charge in [-0.25, -0.2) is 23.1 Å². The summed E-state index contributed by atoms with van der Waals surface area (Å²) in [7, 11) is 0. The second-order valence-corrected chi connectivity index (χ2v) is 6.75. The van der Waals surface area contributed by atoms with Crippen LogP contribution in [-0.2, 0) is 6.42 Å². The van der Waals surface area contributed by atoms with Crippen LogP contribution in [0, 0.1) is 17.6 Å². The van der Waals surface area contributed by atoms with E-state index in [4.69, 9.17) is 0 Å². The molecule has 1 aliphatic rings. The third-order valence-corrected chi connectivity index (χ3v) is 4.94. The lowest BCUT2D eigenvalue weighted by Crippen LogP contribution is -2.41. The molecule has 27 heavy (non-hydrogen) atoms. The summed E-state index contributed by atoms with van der Waals surface area (Å²) in [6, 6.07) is 5.11. The van der Waals surface area contributed by atoms with Crippen LogP contribution in [0.3, 0.4) is 0 Å². The van der Waals surface area contributed by atoms with Crippen molar-refractivity contribution in [1.82, 2.24) is 19.5 Å². The number of carbonyl (C=O) groups excluding carboxylic acids is 1. The Kier molecular flexibility index (Phi) is 4.70. The SMILES string of the molecule is O=C(Nc1cnn2cccnc12)N1CCC(Cc2cc(F)ccc2F)CC1. The lowest BCUT2D eigenvalue weighted by atomic mass is 9.90. The molecule has 3 aromatic rings. The number of carbonyl (C=O) groups is 1. The molecule has 0 saturated carbocycles. The minimum Gasteiger partial charge on any atom is -0.325 e. The molecule has 1 N–H and O–H groups in total. The number of hydrogen-bond donors (Lipinski definition) is 1. The number of urea groups is 1. The predicted molar refractivity (Wildman–Crippen MR) is 96.4 cm³/mol. The number of halogens is 2. The minimum atomic E-state index is -0.426. The van der Waals surface area contributed by atoms with Gasteiger partial charge in [0.25, 0.3) is 0 Å². The summed E-state index contributed by atoms with van der Waals surface area (Å²) in [5, 5.41) is 6.99. The number of benzene rings is 1. The quantitative estimate of drug-likeness (QED) is 0.767. The van der Waals surface area contributed by atoms with Crippen LogP contribution < -0.4 is 5.32 Å². The van der Waals surface area contributed by atoms with Gasteiger partial charge in [0.05, 0.1) is 6.20 Å². The van der Waals surface area contributed by atoms with Gasteiger partial charge < -0.3 is 10.2 Å². The van der Waals surface area contributed by atoms with Gasteiger partial charge in [-0.15, -0.1) is 0 Å². The average molecular weight is 371 g/mol. The number of aromatic nitrogens is 3. The molecule has 8 heteroatoms. The molecule has 4 rings (SSSR count). The molecular weight excluding hydrogens is 352 g/mol. The number of likely N-dealkylation sites (tertiary alicyclic amines) is 1. The Hall–Kier alpha value is -3.03. The van der Waals surface area contributed by atoms with E-state index < -0.39 is 5.82 Å². The zero-order valence-electron chi connectivity index (χ0n) is 14.6. The highest BCUT2D eigenvalue weighted by Crippen LogP contribution is 2.24. The number of nitrogens with one attached hydrogen (secondary N) is 1. The number of hydrogen-bond acceptors (Lipinski definition) is 3. The first-order valence-corrected chi connectivity index (χ1v) is 8.88. The molecule has 1 aliphatic heterocycles. The average Bonchev–Trinajstić information content (AvgIpc) is 3.08. The molecule has 3 heterocycles. The summed E-state index contributed by atoms with van der Waals surface area (Å²) in [4.78, 5) is 18.5. The molecule has 140 valence electrons. The van der Waals surface area contributed by atoms with E-state index in [9.17, 15) is 13.6 Å². The maximum absolute atomic E-state index is 13.8. The number of nitrogens with zero attached hydrogens (tertiary/aromatic N) is 4. The lowest BCUT2D eigenvalue weighted by Gasteiger charge is -2.32. The van der Waals surface area contributed by atoms with Gasteiger partial charge in [-0.05, 0) is 55.0 Å². The fraction of sp³-hybridized carbons (Fsp3) is 0.316. The first-order valence-electron chi connectivity index (χ1n) is 8.88. The monoisotopic (exact) mass is 371 g/mol. The number of anilines is 1. The number of amides is 2. The van der Waals surface area contributed by atoms with Crippen LogP contribution >= 0.6 is 0 Å². The highest BCUT2D eigenvalue weighted by Gasteiger charge is 2.24. The van der Waals surface area contributed by atoms with E-state index >= 15 is 0 Å². The Bertz CT molecular complexity index is 966. The van der Waals surface area contributed by atoms with Gasteiger partial charge in [-0.2, -0.15) is 5.10 Å². The molecule has 1 fully saturated rings. The van der Waals surface area contributed by atoms with Crippen LogP contribution in [0.25, 0.3) is 5.65 Å². The summed E-state index contributed by atoms with van der Waals surface area (Å²) in [5.74, 6) is -0.577. The Labute approximate surface area is 154 Å². The van der Waals surface area contributed by atoms with E-state index in [1.165, 1.54) is 6.07 Å². The largest absolute Gasteiger partial charge is 0.325 e. The molecule has 2 aromatic heterocycles. The van der Waals surface area contributed by atoms with Crippen molar-refractivity contribution in [2.24, 2.45) is 5.92 Å². The number of piperidine rings is 1. The van der Waals surface area contributed by atoms with Crippen molar-refractivity contribution >= 4 is 17.4 Å². The van der Waals surface area contributed by atoms with Gasteiger partial charge in [-0.3, -0.25) is 0 Å². The molecule has 2 amide bonds. The first kappa shape index (κ1) is 17.4. The topological polar surface area (TPSA) is 62.5 Å². The van der Waals surface area contributed by atoms with Crippen molar-refractivity contribution in [2.45, 2.75) is 19.3 Å². The number of fused-ring (bicyclic) bond motifs is 1. The van der Waals surface area contributed by atoms with Gasteiger partial charge >= 0.3 is 6.03 Å². The van der Waals surface area contributed by atoms with Gasteiger partial charge in [-0.1, -0.05) is 0 Å². The molecule has 0 unspecified atom stereocenters. The maximum atomic E-state index is 13.8. The van der Waals surface area contributed by atoms with Crippen LogP contribution in [-0.4, -0.2) is 38.6 Å². The standard InChI is InChI=1S/C19H19F2N5O/c20-15-2-3-16(21)14(11-15)10-13-4-8-25(9-5-13)19(27)24-17-12-23-26-7-1-6-22-18(17)26/h1-3,6-7,11-13H,4-5,8-10H2,(H,24,27). The Morgan fingerprint density at radius 3 is 2.89 bits per heavy atom. The van der Waals surface area contributed by atoms with E-state index in [0.717, 1.165) is 25.0 Å². The van der Waals surface area contributed by atoms with Crippen molar-refractivity contribution in [2.75, 3.05) is 18.4 Å². The van der Waals surface area contributed by atoms with Gasteiger partial charge in [0.1, 0.15) is 17.3 Å². The summed E-state index contributed by atoms with van der Waals surface area (Å²) >= 11 is 0. The van der Waals surface area contributed by atoms with Crippen molar-refractivity contribution in [3.8, 4) is 0 Å². The fourth-order valence-electron chi connectivity index (χ4n) is 3.46. The van der Waals surface area contributed by atoms with E-state index in [2.05, 4.69) is 15.4 Å². The van der Waals surface area contributed by atoms with Crippen LogP contribution in [0.2, 0.25) is 0 Å². The number of rotatable bonds is 3. The van der Waals surface area contributed by atoms with Crippen LogP contribution in [0.1, 0.15) is 18.4 Å². The fourth-order valence-corrected chi connectivity index (χ4v) is 3.46. The van der Waals surface area contributed by atoms with Crippen molar-refractivity contribution < 1.29 is 13.6 Å². The van der Waals surface area contributed by atoms with Crippen LogP contribution in [0.5, 0.6) is 0 Å². The highest BCUT2D eigenvalue weighted by molar-refractivity contribution is 5.93. The van der Waals surface area contributed by atoms with Gasteiger partial charge in [0, 0.05) is 25.5 Å². The molecule has 0 bridgehead atoms. The van der Waals surface area contributed by atoms with E-state index in [1.807, 2.05) is 0 Å². The van der Waals surface area contributed by atoms with E-state index in [-0.39, 0.29) is 17.8 Å². The second kappa shape index (κ2) is 7.30. The first-order chi connectivity index (χ1) is 13.1. The zero-order chi connectivity index (χ0) is 18.8. The summed E-state index contributed by atoms with van der Waals surface area (Å²) in [5.41, 5.74) is 1.54. The van der Waals surface area contributed by atoms with Gasteiger partial charge in [0.2, 0.25) is 0 Å².